The van der Waals surface area contributed by atoms with Gasteiger partial charge in [0.2, 0.25) is 23.8 Å². The molecule has 0 aliphatic carbocycles. The number of imidazole rings is 2. The molecule has 2 saturated heterocycles. The number of alkyl halides is 2. The summed E-state index contributed by atoms with van der Waals surface area (Å²) in [6.07, 6.45) is -11.8. The second kappa shape index (κ2) is 15.8. The Balaban J connectivity index is 0.000000256. The number of aromatic amines is 1. The third-order valence-corrected chi connectivity index (χ3v) is 11.0. The number of phosphoric ester groups is 1. The Bertz CT molecular complexity index is 2030. The highest BCUT2D eigenvalue weighted by Gasteiger charge is 2.49. The van der Waals surface area contributed by atoms with Gasteiger partial charge in [-0.25, -0.2) is 46.6 Å². The molecule has 0 saturated carbocycles. The summed E-state index contributed by atoms with van der Waals surface area (Å²) in [7, 11) is -16.8. The van der Waals surface area contributed by atoms with E-state index in [0.717, 1.165) is 15.4 Å². The molecule has 3 aliphatic heterocycles. The van der Waals surface area contributed by atoms with E-state index in [0.29, 0.717) is 0 Å². The minimum atomic E-state index is -5.75. The number of aromatic nitrogens is 6. The highest BCUT2D eigenvalue weighted by atomic mass is 31.3. The van der Waals surface area contributed by atoms with Gasteiger partial charge in [0.1, 0.15) is 36.6 Å². The van der Waals surface area contributed by atoms with Crippen LogP contribution < -0.4 is 22.5 Å². The Morgan fingerprint density at radius 1 is 0.906 bits per heavy atom. The van der Waals surface area contributed by atoms with Crippen LogP contribution in [-0.2, 0) is 36.3 Å². The number of hydrogen-bond acceptors (Lipinski definition) is 20. The van der Waals surface area contributed by atoms with Crippen molar-refractivity contribution in [2.24, 2.45) is 10.7 Å². The van der Waals surface area contributed by atoms with Crippen LogP contribution in [0.4, 0.5) is 14.7 Å². The minimum absolute atomic E-state index is 0. The molecule has 3 aliphatic rings. The van der Waals surface area contributed by atoms with E-state index in [-0.39, 0.29) is 42.2 Å². The van der Waals surface area contributed by atoms with Crippen LogP contribution in [0.3, 0.4) is 0 Å². The highest BCUT2D eigenvalue weighted by Crippen LogP contribution is 2.66. The average molecular weight is 828 g/mol. The summed E-state index contributed by atoms with van der Waals surface area (Å²) >= 11 is 0. The first-order valence-corrected chi connectivity index (χ1v) is 18.6. The fraction of sp³-hybridized carbons (Fsp3) is 0.571. The van der Waals surface area contributed by atoms with E-state index in [1.807, 2.05) is 0 Å². The number of guanidine groups is 1. The predicted octanol–water partition coefficient (Wildman–Crippen LogP) is -3.00. The van der Waals surface area contributed by atoms with Gasteiger partial charge in [0.25, 0.3) is 5.56 Å². The normalized spacial score (nSPS) is 30.6. The molecule has 53 heavy (non-hydrogen) atoms. The van der Waals surface area contributed by atoms with Gasteiger partial charge in [0, 0.05) is 0 Å². The average Bonchev–Trinajstić information content (AvgIpc) is 3.76. The molecule has 14 N–H and O–H groups in total. The van der Waals surface area contributed by atoms with Crippen LogP contribution in [0.2, 0.25) is 0 Å². The van der Waals surface area contributed by atoms with Gasteiger partial charge in [0.15, 0.2) is 18.2 Å². The second-order valence-corrected chi connectivity index (χ2v) is 15.2. The van der Waals surface area contributed by atoms with E-state index in [1.165, 1.54) is 6.20 Å². The molecule has 2 fully saturated rings. The van der Waals surface area contributed by atoms with Crippen molar-refractivity contribution in [2.45, 2.75) is 62.6 Å². The van der Waals surface area contributed by atoms with Gasteiger partial charge < -0.3 is 60.9 Å². The minimum Gasteiger partial charge on any atom is -0.394 e. The summed E-state index contributed by atoms with van der Waals surface area (Å²) in [6, 6.07) is 0. The van der Waals surface area contributed by atoms with Crippen molar-refractivity contribution in [3.05, 3.63) is 40.0 Å². The SMILES string of the molecule is C.NC1=NC(O)c2ncc([C@@H]3O[C@H](COP(=O)(O)OP(=O)(O)OP(=O)(O)O)[C@@H](O)[C@H]3F)n2N1.Nc1nn2c([C@@H]3O[C@H](CO)[C@@H](O)[C@H]3F)cnc2c(=O)[nH]1. The van der Waals surface area contributed by atoms with Crippen molar-refractivity contribution in [1.82, 2.24) is 29.2 Å². The van der Waals surface area contributed by atoms with Crippen molar-refractivity contribution in [1.29, 1.82) is 0 Å². The third kappa shape index (κ3) is 9.31. The van der Waals surface area contributed by atoms with Crippen molar-refractivity contribution in [3.63, 3.8) is 0 Å². The van der Waals surface area contributed by atoms with E-state index in [1.54, 1.807) is 0 Å². The van der Waals surface area contributed by atoms with Gasteiger partial charge in [-0.05, 0) is 0 Å². The van der Waals surface area contributed by atoms with E-state index in [4.69, 9.17) is 40.7 Å². The van der Waals surface area contributed by atoms with Gasteiger partial charge in [-0.1, -0.05) is 7.43 Å². The third-order valence-electron chi connectivity index (χ3n) is 7.17. The fourth-order valence-corrected chi connectivity index (χ4v) is 8.05. The van der Waals surface area contributed by atoms with E-state index in [9.17, 15) is 47.5 Å². The lowest BCUT2D eigenvalue weighted by atomic mass is 10.1. The van der Waals surface area contributed by atoms with Gasteiger partial charge in [-0.15, -0.1) is 5.10 Å². The van der Waals surface area contributed by atoms with Gasteiger partial charge in [-0.2, -0.15) is 8.62 Å². The molecular weight excluding hydrogens is 795 g/mol. The lowest BCUT2D eigenvalue weighted by molar-refractivity contribution is -0.0241. The number of nitrogens with two attached hydrogens (primary N) is 2. The standard InChI is InChI=1S/C10H17FN5O13P3.C10H12FN5O4.CH4/c11-5-6(17)4(2-26-31(22,23)29-32(24,25)28-30(19,20)21)27-7(5)3-1-13-8-9(18)14-10(12)15-16(3)8;11-5-6(18)4(2-17)20-7(5)3-1-13-8-9(19)14-10(12)15-16(3)8;/h1,4-7,9,17-18H,2H2,(H,22,23)(H,24,25)(H3,12,14,15)(H2,19,20,21);1,4-7,17-18H,2H2,(H3,12,14,15,19);1H4/t4-,5-,6-,7+,9?;4-,5-,6-,7+;/m11./s1. The van der Waals surface area contributed by atoms with Crippen molar-refractivity contribution >= 4 is 41.0 Å². The maximum atomic E-state index is 14.7. The van der Waals surface area contributed by atoms with Gasteiger partial charge in [0.05, 0.1) is 37.0 Å². The maximum Gasteiger partial charge on any atom is 0.490 e. The molecule has 0 spiro atoms. The topological polar surface area (TPSA) is 416 Å². The number of nitrogens with one attached hydrogen (secondary N) is 2. The molecule has 0 radical (unpaired) electrons. The smallest absolute Gasteiger partial charge is 0.394 e. The molecule has 6 heterocycles. The lowest BCUT2D eigenvalue weighted by Crippen LogP contribution is -2.38. The summed E-state index contributed by atoms with van der Waals surface area (Å²) in [6.45, 7) is -1.59. The molecule has 3 unspecified atom stereocenters. The largest absolute Gasteiger partial charge is 0.490 e. The Morgan fingerprint density at radius 2 is 1.49 bits per heavy atom. The Labute approximate surface area is 293 Å². The lowest BCUT2D eigenvalue weighted by Gasteiger charge is -2.22. The first-order valence-electron chi connectivity index (χ1n) is 14.0. The molecule has 0 bridgehead atoms. The van der Waals surface area contributed by atoms with Gasteiger partial charge in [-0.3, -0.25) is 19.7 Å². The molecule has 298 valence electrons. The number of nitrogen functional groups attached to an aromatic ring is 1. The summed E-state index contributed by atoms with van der Waals surface area (Å²) in [5.74, 6) is -0.465. The summed E-state index contributed by atoms with van der Waals surface area (Å²) in [4.78, 5) is 60.7. The number of rotatable bonds is 10. The highest BCUT2D eigenvalue weighted by molar-refractivity contribution is 7.66. The van der Waals surface area contributed by atoms with Crippen LogP contribution in [0.25, 0.3) is 5.65 Å². The Hall–Kier alpha value is -3.34. The zero-order valence-electron chi connectivity index (χ0n) is 25.5. The molecule has 3 aromatic rings. The number of H-pyrrole nitrogens is 1. The molecule has 32 heteroatoms. The molecule has 3 aromatic heterocycles. The van der Waals surface area contributed by atoms with E-state index < -0.39 is 97.4 Å². The maximum absolute atomic E-state index is 14.7. The number of nitrogens with zero attached hydrogens (tertiary/aromatic N) is 6. The van der Waals surface area contributed by atoms with Crippen molar-refractivity contribution < 1.29 is 85.1 Å². The van der Waals surface area contributed by atoms with Crippen LogP contribution >= 0.6 is 23.5 Å². The number of aliphatic hydroxyl groups is 4. The van der Waals surface area contributed by atoms with Crippen LogP contribution in [0, 0.1) is 0 Å². The van der Waals surface area contributed by atoms with E-state index >= 15 is 0 Å². The first-order chi connectivity index (χ1) is 24.1. The molecule has 11 atom stereocenters. The second-order valence-electron chi connectivity index (χ2n) is 10.8. The Morgan fingerprint density at radius 3 is 2.09 bits per heavy atom. The van der Waals surface area contributed by atoms with Crippen molar-refractivity contribution in [2.75, 3.05) is 24.4 Å². The molecule has 6 rings (SSSR count). The van der Waals surface area contributed by atoms with Crippen LogP contribution in [0.15, 0.2) is 22.2 Å². The van der Waals surface area contributed by atoms with Crippen LogP contribution in [0.5, 0.6) is 0 Å². The number of hydrogen-bond donors (Lipinski definition) is 12. The quantitative estimate of drug-likeness (QED) is 0.0906. The number of halogens is 2. The number of anilines is 1. The molecular formula is C21H33F2N10O17P3. The van der Waals surface area contributed by atoms with Crippen LogP contribution in [-0.4, -0.2) is 125 Å². The van der Waals surface area contributed by atoms with Crippen molar-refractivity contribution in [3.8, 4) is 0 Å². The number of aliphatic hydroxyl groups excluding tert-OH is 4. The fourth-order valence-electron chi connectivity index (χ4n) is 5.02. The zero-order chi connectivity index (χ0) is 38.5. The number of fused-ring (bicyclic) bond motifs is 2. The number of phosphoric acid groups is 3. The summed E-state index contributed by atoms with van der Waals surface area (Å²) < 4.78 is 86.5. The number of aliphatic imine (C=N–C) groups is 1. The van der Waals surface area contributed by atoms with Gasteiger partial charge >= 0.3 is 23.5 Å². The Kier molecular flexibility index (Phi) is 12.6. The van der Waals surface area contributed by atoms with Crippen LogP contribution in [0.1, 0.15) is 43.1 Å². The molecule has 0 aromatic carbocycles. The predicted molar refractivity (Wildman–Crippen MR) is 167 cm³/mol. The first kappa shape index (κ1) is 42.4. The summed E-state index contributed by atoms with van der Waals surface area (Å²) in [5.41, 5.74) is 12.9. The number of ether oxygens (including phenoxy) is 2. The zero-order valence-corrected chi connectivity index (χ0v) is 28.1. The monoisotopic (exact) mass is 828 g/mol. The summed E-state index contributed by atoms with van der Waals surface area (Å²) in [5, 5.41) is 42.3. The van der Waals surface area contributed by atoms with E-state index in [2.05, 4.69) is 43.6 Å². The molecule has 27 nitrogen and oxygen atoms in total. The molecule has 0 amide bonds.